The van der Waals surface area contributed by atoms with Crippen LogP contribution in [0.3, 0.4) is 0 Å². The maximum atomic E-state index is 12.1. The van der Waals surface area contributed by atoms with Crippen LogP contribution in [0.2, 0.25) is 15.2 Å². The van der Waals surface area contributed by atoms with E-state index in [0.717, 1.165) is 0 Å². The van der Waals surface area contributed by atoms with Crippen molar-refractivity contribution in [2.24, 2.45) is 0 Å². The van der Waals surface area contributed by atoms with E-state index in [1.54, 1.807) is 18.2 Å². The number of amides is 1. The number of methoxy groups -OCH3 is 1. The lowest BCUT2D eigenvalue weighted by atomic mass is 10.2. The van der Waals surface area contributed by atoms with E-state index in [1.165, 1.54) is 13.2 Å². The summed E-state index contributed by atoms with van der Waals surface area (Å²) in [6.07, 6.45) is 0. The molecule has 2 rings (SSSR count). The monoisotopic (exact) mass is 331 g/mol. The topological polar surface area (TPSA) is 64.1 Å². The van der Waals surface area contributed by atoms with Gasteiger partial charge >= 0.3 is 0 Å². The highest BCUT2D eigenvalue weighted by Crippen LogP contribution is 2.25. The Bertz CT molecular complexity index is 644. The smallest absolute Gasteiger partial charge is 0.261 e. The van der Waals surface area contributed by atoms with Crippen LogP contribution in [0.1, 0.15) is 10.4 Å². The van der Waals surface area contributed by atoms with Crippen molar-refractivity contribution in [3.8, 4) is 5.88 Å². The minimum Gasteiger partial charge on any atom is -0.481 e. The van der Waals surface area contributed by atoms with Gasteiger partial charge in [-0.15, -0.1) is 0 Å². The summed E-state index contributed by atoms with van der Waals surface area (Å²) in [6, 6.07) is 6.17. The number of rotatable bonds is 3. The van der Waals surface area contributed by atoms with Crippen molar-refractivity contribution < 1.29 is 9.53 Å². The van der Waals surface area contributed by atoms with E-state index in [1.807, 2.05) is 0 Å². The van der Waals surface area contributed by atoms with Crippen LogP contribution in [0.4, 0.5) is 5.95 Å². The predicted molar refractivity (Wildman–Crippen MR) is 78.0 cm³/mol. The Balaban J connectivity index is 2.30. The van der Waals surface area contributed by atoms with Gasteiger partial charge in [0.1, 0.15) is 5.15 Å². The zero-order valence-electron chi connectivity index (χ0n) is 10.2. The Kier molecular flexibility index (Phi) is 4.65. The third kappa shape index (κ3) is 3.30. The van der Waals surface area contributed by atoms with E-state index >= 15 is 0 Å². The molecule has 0 aliphatic heterocycles. The molecule has 1 amide bonds. The van der Waals surface area contributed by atoms with E-state index in [0.29, 0.717) is 0 Å². The van der Waals surface area contributed by atoms with Crippen LogP contribution in [0.5, 0.6) is 5.88 Å². The first kappa shape index (κ1) is 14.8. The Morgan fingerprint density at radius 3 is 2.45 bits per heavy atom. The molecule has 0 saturated carbocycles. The van der Waals surface area contributed by atoms with Crippen molar-refractivity contribution in [1.82, 2.24) is 9.97 Å². The lowest BCUT2D eigenvalue weighted by Gasteiger charge is -2.08. The first-order valence-corrected chi connectivity index (χ1v) is 6.48. The van der Waals surface area contributed by atoms with Crippen molar-refractivity contribution in [1.29, 1.82) is 0 Å². The fraction of sp³-hybridized carbons (Fsp3) is 0.0833. The Morgan fingerprint density at radius 1 is 1.20 bits per heavy atom. The number of aromatic nitrogens is 2. The number of benzene rings is 1. The number of hydrogen-bond acceptors (Lipinski definition) is 4. The van der Waals surface area contributed by atoms with Gasteiger partial charge in [-0.3, -0.25) is 10.1 Å². The molecule has 2 aromatic rings. The van der Waals surface area contributed by atoms with Crippen LogP contribution in [-0.2, 0) is 0 Å². The number of anilines is 1. The highest BCUT2D eigenvalue weighted by molar-refractivity contribution is 6.40. The van der Waals surface area contributed by atoms with Gasteiger partial charge in [-0.2, -0.15) is 4.98 Å². The number of nitrogens with one attached hydrogen (secondary N) is 1. The Morgan fingerprint density at radius 2 is 1.85 bits per heavy atom. The van der Waals surface area contributed by atoms with Crippen LogP contribution < -0.4 is 10.1 Å². The third-order valence-corrected chi connectivity index (χ3v) is 3.12. The molecule has 0 spiro atoms. The molecule has 104 valence electrons. The number of nitrogens with zero attached hydrogens (tertiary/aromatic N) is 2. The van der Waals surface area contributed by atoms with Gasteiger partial charge in [0.15, 0.2) is 0 Å². The van der Waals surface area contributed by atoms with Crippen LogP contribution in [0, 0.1) is 0 Å². The number of carbonyl (C=O) groups excluding carboxylic acids is 1. The van der Waals surface area contributed by atoms with E-state index in [2.05, 4.69) is 15.3 Å². The summed E-state index contributed by atoms with van der Waals surface area (Å²) in [4.78, 5) is 19.9. The summed E-state index contributed by atoms with van der Waals surface area (Å²) in [6.45, 7) is 0. The predicted octanol–water partition coefficient (Wildman–Crippen LogP) is 3.70. The van der Waals surface area contributed by atoms with Crippen molar-refractivity contribution in [2.75, 3.05) is 12.4 Å². The Labute approximate surface area is 129 Å². The first-order chi connectivity index (χ1) is 9.51. The average molecular weight is 333 g/mol. The standard InChI is InChI=1S/C12H8Cl3N3O2/c1-20-9-5-8(15)16-12(17-9)18-11(19)10-6(13)3-2-4-7(10)14/h2-5H,1H3,(H,16,17,18,19). The van der Waals surface area contributed by atoms with E-state index in [4.69, 9.17) is 39.5 Å². The second-order valence-electron chi connectivity index (χ2n) is 3.61. The summed E-state index contributed by atoms with van der Waals surface area (Å²) in [5.74, 6) is -0.314. The number of carbonyl (C=O) groups is 1. The molecule has 0 saturated heterocycles. The molecule has 0 radical (unpaired) electrons. The normalized spacial score (nSPS) is 10.2. The summed E-state index contributed by atoms with van der Waals surface area (Å²) in [7, 11) is 1.43. The fourth-order valence-electron chi connectivity index (χ4n) is 1.44. The molecule has 0 fully saturated rings. The number of halogens is 3. The molecule has 5 nitrogen and oxygen atoms in total. The van der Waals surface area contributed by atoms with Crippen LogP contribution in [-0.4, -0.2) is 23.0 Å². The average Bonchev–Trinajstić information content (AvgIpc) is 2.37. The summed E-state index contributed by atoms with van der Waals surface area (Å²) >= 11 is 17.7. The van der Waals surface area contributed by atoms with Gasteiger partial charge in [-0.1, -0.05) is 40.9 Å². The maximum Gasteiger partial charge on any atom is 0.261 e. The van der Waals surface area contributed by atoms with Crippen LogP contribution in [0.25, 0.3) is 0 Å². The van der Waals surface area contributed by atoms with Crippen molar-refractivity contribution in [2.45, 2.75) is 0 Å². The van der Waals surface area contributed by atoms with Gasteiger partial charge in [0.25, 0.3) is 5.91 Å². The van der Waals surface area contributed by atoms with Gasteiger partial charge in [0, 0.05) is 6.07 Å². The molecule has 0 aliphatic carbocycles. The highest BCUT2D eigenvalue weighted by atomic mass is 35.5. The number of ether oxygens (including phenoxy) is 1. The summed E-state index contributed by atoms with van der Waals surface area (Å²) in [5, 5.41) is 3.05. The lowest BCUT2D eigenvalue weighted by Crippen LogP contribution is -2.15. The van der Waals surface area contributed by atoms with Gasteiger partial charge in [-0.25, -0.2) is 4.98 Å². The molecule has 1 N–H and O–H groups in total. The minimum absolute atomic E-state index is 0.00432. The molecule has 1 aromatic heterocycles. The molecule has 1 heterocycles. The van der Waals surface area contributed by atoms with Crippen LogP contribution in [0.15, 0.2) is 24.3 Å². The molecule has 0 aliphatic rings. The molecule has 0 unspecified atom stereocenters. The zero-order valence-corrected chi connectivity index (χ0v) is 12.4. The van der Waals surface area contributed by atoms with Crippen molar-refractivity contribution in [3.05, 3.63) is 45.0 Å². The summed E-state index contributed by atoms with van der Waals surface area (Å²) in [5.41, 5.74) is 0.137. The highest BCUT2D eigenvalue weighted by Gasteiger charge is 2.16. The van der Waals surface area contributed by atoms with Crippen molar-refractivity contribution >= 4 is 46.7 Å². The second kappa shape index (κ2) is 6.26. The molecule has 8 heteroatoms. The SMILES string of the molecule is COc1cc(Cl)nc(NC(=O)c2c(Cl)cccc2Cl)n1. The van der Waals surface area contributed by atoms with E-state index < -0.39 is 5.91 Å². The Hall–Kier alpha value is -1.56. The molecule has 1 aromatic carbocycles. The zero-order chi connectivity index (χ0) is 14.7. The van der Waals surface area contributed by atoms with Crippen molar-refractivity contribution in [3.63, 3.8) is 0 Å². The largest absolute Gasteiger partial charge is 0.481 e. The van der Waals surface area contributed by atoms with Gasteiger partial charge in [-0.05, 0) is 12.1 Å². The van der Waals surface area contributed by atoms with Gasteiger partial charge < -0.3 is 4.74 Å². The molecular formula is C12H8Cl3N3O2. The van der Waals surface area contributed by atoms with E-state index in [9.17, 15) is 4.79 Å². The number of hydrogen-bond donors (Lipinski definition) is 1. The quantitative estimate of drug-likeness (QED) is 0.871. The minimum atomic E-state index is -0.537. The third-order valence-electron chi connectivity index (χ3n) is 2.30. The molecule has 0 atom stereocenters. The molecule has 20 heavy (non-hydrogen) atoms. The van der Waals surface area contributed by atoms with Gasteiger partial charge in [0.2, 0.25) is 11.8 Å². The fourth-order valence-corrected chi connectivity index (χ4v) is 2.18. The maximum absolute atomic E-state index is 12.1. The van der Waals surface area contributed by atoms with E-state index in [-0.39, 0.29) is 32.6 Å². The van der Waals surface area contributed by atoms with Gasteiger partial charge in [0.05, 0.1) is 22.7 Å². The molecular weight excluding hydrogens is 325 g/mol. The summed E-state index contributed by atoms with van der Waals surface area (Å²) < 4.78 is 4.93. The van der Waals surface area contributed by atoms with Crippen LogP contribution >= 0.6 is 34.8 Å². The second-order valence-corrected chi connectivity index (χ2v) is 4.81. The lowest BCUT2D eigenvalue weighted by molar-refractivity contribution is 0.102. The molecule has 0 bridgehead atoms. The first-order valence-electron chi connectivity index (χ1n) is 5.35.